The van der Waals surface area contributed by atoms with Crippen molar-refractivity contribution in [2.24, 2.45) is 0 Å². The standard InChI is InChI=1S/C13H14N2OS/c1-2-8-15-12(16)11(14-13(15)17)9-10-6-4-3-5-7-10/h2-7,11H,1,8-9H2,(H,14,17)/t11-/m1/s1. The van der Waals surface area contributed by atoms with Gasteiger partial charge in [-0.05, 0) is 17.8 Å². The van der Waals surface area contributed by atoms with E-state index in [-0.39, 0.29) is 11.9 Å². The second-order valence-corrected chi connectivity index (χ2v) is 4.32. The van der Waals surface area contributed by atoms with Gasteiger partial charge in [-0.2, -0.15) is 0 Å². The van der Waals surface area contributed by atoms with Crippen molar-refractivity contribution >= 4 is 23.2 Å². The summed E-state index contributed by atoms with van der Waals surface area (Å²) >= 11 is 5.12. The minimum atomic E-state index is -0.246. The Morgan fingerprint density at radius 3 is 2.76 bits per heavy atom. The van der Waals surface area contributed by atoms with E-state index in [1.54, 1.807) is 11.0 Å². The van der Waals surface area contributed by atoms with Crippen LogP contribution < -0.4 is 5.32 Å². The quantitative estimate of drug-likeness (QED) is 0.645. The summed E-state index contributed by atoms with van der Waals surface area (Å²) in [7, 11) is 0. The third-order valence-electron chi connectivity index (χ3n) is 2.70. The van der Waals surface area contributed by atoms with Gasteiger partial charge in [0.1, 0.15) is 6.04 Å². The predicted octanol–water partition coefficient (Wildman–Crippen LogP) is 1.50. The van der Waals surface area contributed by atoms with Crippen molar-refractivity contribution in [2.75, 3.05) is 6.54 Å². The Labute approximate surface area is 106 Å². The van der Waals surface area contributed by atoms with Gasteiger partial charge in [0, 0.05) is 13.0 Å². The van der Waals surface area contributed by atoms with Crippen LogP contribution in [-0.4, -0.2) is 28.5 Å². The van der Waals surface area contributed by atoms with Crippen molar-refractivity contribution in [3.05, 3.63) is 48.6 Å². The summed E-state index contributed by atoms with van der Waals surface area (Å²) in [6.07, 6.45) is 2.34. The Bertz CT molecular complexity index is 444. The highest BCUT2D eigenvalue weighted by molar-refractivity contribution is 7.80. The lowest BCUT2D eigenvalue weighted by molar-refractivity contribution is -0.126. The molecule has 1 N–H and O–H groups in total. The maximum Gasteiger partial charge on any atom is 0.251 e. The van der Waals surface area contributed by atoms with E-state index in [4.69, 9.17) is 12.2 Å². The molecule has 0 spiro atoms. The Hall–Kier alpha value is -1.68. The zero-order valence-corrected chi connectivity index (χ0v) is 10.2. The summed E-state index contributed by atoms with van der Waals surface area (Å²) in [5, 5.41) is 3.54. The molecule has 1 heterocycles. The van der Waals surface area contributed by atoms with E-state index in [0.29, 0.717) is 18.1 Å². The molecule has 1 aliphatic rings. The molecule has 17 heavy (non-hydrogen) atoms. The van der Waals surface area contributed by atoms with Crippen molar-refractivity contribution in [2.45, 2.75) is 12.5 Å². The molecular weight excluding hydrogens is 232 g/mol. The van der Waals surface area contributed by atoms with E-state index < -0.39 is 0 Å². The maximum absolute atomic E-state index is 12.0. The monoisotopic (exact) mass is 246 g/mol. The average Bonchev–Trinajstić information content (AvgIpc) is 2.59. The van der Waals surface area contributed by atoms with Gasteiger partial charge in [0.15, 0.2) is 5.11 Å². The molecule has 88 valence electrons. The van der Waals surface area contributed by atoms with Crippen molar-refractivity contribution in [1.82, 2.24) is 10.2 Å². The first-order valence-electron chi connectivity index (χ1n) is 5.49. The number of rotatable bonds is 4. The highest BCUT2D eigenvalue weighted by atomic mass is 32.1. The summed E-state index contributed by atoms with van der Waals surface area (Å²) in [6, 6.07) is 9.66. The van der Waals surface area contributed by atoms with Crippen LogP contribution in [0.4, 0.5) is 0 Å². The molecule has 1 amide bonds. The zero-order valence-electron chi connectivity index (χ0n) is 9.43. The largest absolute Gasteiger partial charge is 0.350 e. The molecule has 1 fully saturated rings. The van der Waals surface area contributed by atoms with E-state index in [1.165, 1.54) is 0 Å². The number of hydrogen-bond donors (Lipinski definition) is 1. The van der Waals surface area contributed by atoms with Crippen LogP contribution in [-0.2, 0) is 11.2 Å². The minimum Gasteiger partial charge on any atom is -0.350 e. The van der Waals surface area contributed by atoms with Gasteiger partial charge in [0.05, 0.1) is 0 Å². The number of thiocarbonyl (C=S) groups is 1. The van der Waals surface area contributed by atoms with E-state index in [1.807, 2.05) is 30.3 Å². The van der Waals surface area contributed by atoms with Crippen LogP contribution in [0, 0.1) is 0 Å². The van der Waals surface area contributed by atoms with E-state index in [9.17, 15) is 4.79 Å². The van der Waals surface area contributed by atoms with Crippen LogP contribution in [0.5, 0.6) is 0 Å². The molecule has 0 unspecified atom stereocenters. The average molecular weight is 246 g/mol. The molecule has 0 saturated carbocycles. The SMILES string of the molecule is C=CCN1C(=O)[C@@H](Cc2ccccc2)NC1=S. The Kier molecular flexibility index (Phi) is 3.54. The second kappa shape index (κ2) is 5.10. The molecule has 1 aliphatic heterocycles. The Balaban J connectivity index is 2.07. The third kappa shape index (κ3) is 2.53. The Morgan fingerprint density at radius 1 is 1.41 bits per heavy atom. The van der Waals surface area contributed by atoms with Crippen molar-refractivity contribution in [1.29, 1.82) is 0 Å². The molecule has 4 heteroatoms. The molecule has 1 saturated heterocycles. The molecule has 1 aromatic carbocycles. The van der Waals surface area contributed by atoms with Gasteiger partial charge in [0.2, 0.25) is 0 Å². The number of hydrogen-bond acceptors (Lipinski definition) is 2. The van der Waals surface area contributed by atoms with Crippen LogP contribution in [0.15, 0.2) is 43.0 Å². The van der Waals surface area contributed by atoms with Gasteiger partial charge in [-0.15, -0.1) is 6.58 Å². The second-order valence-electron chi connectivity index (χ2n) is 3.93. The van der Waals surface area contributed by atoms with Gasteiger partial charge in [-0.25, -0.2) is 0 Å². The predicted molar refractivity (Wildman–Crippen MR) is 71.6 cm³/mol. The Morgan fingerprint density at radius 2 is 2.12 bits per heavy atom. The number of nitrogens with one attached hydrogen (secondary N) is 1. The van der Waals surface area contributed by atoms with Crippen LogP contribution in [0.25, 0.3) is 0 Å². The lowest BCUT2D eigenvalue weighted by atomic mass is 10.1. The van der Waals surface area contributed by atoms with Gasteiger partial charge in [-0.3, -0.25) is 9.69 Å². The van der Waals surface area contributed by atoms with E-state index >= 15 is 0 Å². The van der Waals surface area contributed by atoms with Crippen LogP contribution in [0.3, 0.4) is 0 Å². The van der Waals surface area contributed by atoms with Gasteiger partial charge < -0.3 is 5.32 Å². The summed E-state index contributed by atoms with van der Waals surface area (Å²) < 4.78 is 0. The van der Waals surface area contributed by atoms with Crippen molar-refractivity contribution < 1.29 is 4.79 Å². The molecular formula is C13H14N2OS. The summed E-state index contributed by atoms with van der Waals surface area (Å²) in [5.41, 5.74) is 1.13. The molecule has 1 atom stereocenters. The molecule has 0 bridgehead atoms. The number of amides is 1. The molecule has 3 nitrogen and oxygen atoms in total. The molecule has 1 aromatic rings. The molecule has 0 aromatic heterocycles. The lowest BCUT2D eigenvalue weighted by Gasteiger charge is -2.11. The fourth-order valence-corrected chi connectivity index (χ4v) is 2.17. The molecule has 2 rings (SSSR count). The summed E-state index contributed by atoms with van der Waals surface area (Å²) in [5.74, 6) is 0.0266. The van der Waals surface area contributed by atoms with Crippen LogP contribution in [0.2, 0.25) is 0 Å². The summed E-state index contributed by atoms with van der Waals surface area (Å²) in [4.78, 5) is 13.6. The first-order valence-corrected chi connectivity index (χ1v) is 5.90. The van der Waals surface area contributed by atoms with Crippen LogP contribution in [0.1, 0.15) is 5.56 Å². The van der Waals surface area contributed by atoms with Crippen molar-refractivity contribution in [3.63, 3.8) is 0 Å². The minimum absolute atomic E-state index is 0.0266. The van der Waals surface area contributed by atoms with E-state index in [2.05, 4.69) is 11.9 Å². The number of nitrogens with zero attached hydrogens (tertiary/aromatic N) is 1. The van der Waals surface area contributed by atoms with E-state index in [0.717, 1.165) is 5.56 Å². The van der Waals surface area contributed by atoms with Gasteiger partial charge in [-0.1, -0.05) is 36.4 Å². The first kappa shape index (κ1) is 11.8. The first-order chi connectivity index (χ1) is 8.22. The lowest BCUT2D eigenvalue weighted by Crippen LogP contribution is -2.32. The third-order valence-corrected chi connectivity index (χ3v) is 3.04. The van der Waals surface area contributed by atoms with Gasteiger partial charge in [0.25, 0.3) is 5.91 Å². The number of carbonyl (C=O) groups excluding carboxylic acids is 1. The van der Waals surface area contributed by atoms with Crippen molar-refractivity contribution in [3.8, 4) is 0 Å². The smallest absolute Gasteiger partial charge is 0.251 e. The fraction of sp³-hybridized carbons (Fsp3) is 0.231. The highest BCUT2D eigenvalue weighted by Crippen LogP contribution is 2.12. The topological polar surface area (TPSA) is 32.3 Å². The summed E-state index contributed by atoms with van der Waals surface area (Å²) in [6.45, 7) is 4.09. The molecule has 0 radical (unpaired) electrons. The fourth-order valence-electron chi connectivity index (χ4n) is 1.87. The molecule has 0 aliphatic carbocycles. The zero-order chi connectivity index (χ0) is 12.3. The normalized spacial score (nSPS) is 19.3. The maximum atomic E-state index is 12.0. The highest BCUT2D eigenvalue weighted by Gasteiger charge is 2.34. The van der Waals surface area contributed by atoms with Gasteiger partial charge >= 0.3 is 0 Å². The number of benzene rings is 1. The number of carbonyl (C=O) groups is 1. The van der Waals surface area contributed by atoms with Crippen LogP contribution >= 0.6 is 12.2 Å².